The third-order valence-corrected chi connectivity index (χ3v) is 4.14. The van der Waals surface area contributed by atoms with Gasteiger partial charge in [0.15, 0.2) is 11.5 Å². The second kappa shape index (κ2) is 5.60. The molecule has 2 aliphatic heterocycles. The van der Waals surface area contributed by atoms with Crippen LogP contribution in [0.3, 0.4) is 0 Å². The third kappa shape index (κ3) is 2.61. The van der Waals surface area contributed by atoms with E-state index in [1.54, 1.807) is 0 Å². The van der Waals surface area contributed by atoms with Crippen molar-refractivity contribution in [2.45, 2.75) is 31.6 Å². The number of benzene rings is 1. The van der Waals surface area contributed by atoms with Crippen molar-refractivity contribution in [1.29, 1.82) is 0 Å². The van der Waals surface area contributed by atoms with Crippen molar-refractivity contribution >= 4 is 0 Å². The first kappa shape index (κ1) is 13.7. The summed E-state index contributed by atoms with van der Waals surface area (Å²) in [7, 11) is 2.03. The van der Waals surface area contributed by atoms with Gasteiger partial charge in [0.1, 0.15) is 0 Å². The van der Waals surface area contributed by atoms with Crippen LogP contribution in [0.15, 0.2) is 18.2 Å². The zero-order valence-corrected chi connectivity index (χ0v) is 11.9. The zero-order chi connectivity index (χ0) is 14.1. The van der Waals surface area contributed by atoms with Crippen molar-refractivity contribution in [3.63, 3.8) is 0 Å². The number of hydrogen-bond donors (Lipinski definition) is 1. The summed E-state index contributed by atoms with van der Waals surface area (Å²) >= 11 is 0. The maximum Gasteiger partial charge on any atom is 0.231 e. The first-order valence-corrected chi connectivity index (χ1v) is 7.04. The Kier molecular flexibility index (Phi) is 3.83. The molecule has 1 aromatic carbocycles. The summed E-state index contributed by atoms with van der Waals surface area (Å²) in [4.78, 5) is 2.17. The third-order valence-electron chi connectivity index (χ3n) is 4.14. The minimum absolute atomic E-state index is 0.226. The van der Waals surface area contributed by atoms with Crippen molar-refractivity contribution in [2.75, 3.05) is 27.0 Å². The maximum atomic E-state index is 10.4. The Balaban J connectivity index is 1.65. The Labute approximate surface area is 119 Å². The first-order chi connectivity index (χ1) is 9.65. The number of aliphatic hydroxyl groups is 1. The molecule has 1 saturated heterocycles. The van der Waals surface area contributed by atoms with Crippen molar-refractivity contribution in [3.05, 3.63) is 23.8 Å². The van der Waals surface area contributed by atoms with Crippen LogP contribution >= 0.6 is 0 Å². The molecule has 0 saturated carbocycles. The fourth-order valence-corrected chi connectivity index (χ4v) is 2.93. The molecule has 5 heteroatoms. The fourth-order valence-electron chi connectivity index (χ4n) is 2.93. The highest BCUT2D eigenvalue weighted by molar-refractivity contribution is 5.45. The smallest absolute Gasteiger partial charge is 0.231 e. The Hall–Kier alpha value is -1.30. The molecular formula is C15H21NO4. The van der Waals surface area contributed by atoms with Crippen LogP contribution in [0.1, 0.15) is 25.0 Å². The van der Waals surface area contributed by atoms with Crippen LogP contribution in [0.25, 0.3) is 0 Å². The minimum Gasteiger partial charge on any atom is -0.454 e. The van der Waals surface area contributed by atoms with Gasteiger partial charge in [-0.15, -0.1) is 0 Å². The van der Waals surface area contributed by atoms with E-state index in [1.807, 2.05) is 25.2 Å². The Morgan fingerprint density at radius 2 is 2.15 bits per heavy atom. The topological polar surface area (TPSA) is 51.2 Å². The van der Waals surface area contributed by atoms with Gasteiger partial charge in [-0.05, 0) is 38.1 Å². The van der Waals surface area contributed by atoms with Gasteiger partial charge in [-0.1, -0.05) is 6.07 Å². The van der Waals surface area contributed by atoms with Gasteiger partial charge in [0.25, 0.3) is 0 Å². The molecule has 3 unspecified atom stereocenters. The molecule has 1 N–H and O–H groups in total. The summed E-state index contributed by atoms with van der Waals surface area (Å²) < 4.78 is 16.2. The van der Waals surface area contributed by atoms with E-state index < -0.39 is 6.10 Å². The van der Waals surface area contributed by atoms with E-state index in [2.05, 4.69) is 11.8 Å². The summed E-state index contributed by atoms with van der Waals surface area (Å²) in [5, 5.41) is 10.4. The SMILES string of the molecule is CC1OCCC1N(C)CC(O)c1ccc2c(c1)OCO2. The molecule has 3 atom stereocenters. The molecule has 2 aliphatic rings. The predicted octanol–water partition coefficient (Wildman–Crippen LogP) is 1.56. The summed E-state index contributed by atoms with van der Waals surface area (Å²) in [6.45, 7) is 3.72. The number of rotatable bonds is 4. The Bertz CT molecular complexity index is 479. The molecule has 0 bridgehead atoms. The number of fused-ring (bicyclic) bond motifs is 1. The monoisotopic (exact) mass is 279 g/mol. The molecule has 0 radical (unpaired) electrons. The molecule has 0 spiro atoms. The summed E-state index contributed by atoms with van der Waals surface area (Å²) in [6, 6.07) is 5.97. The van der Waals surface area contributed by atoms with Crippen molar-refractivity contribution in [2.24, 2.45) is 0 Å². The largest absolute Gasteiger partial charge is 0.454 e. The van der Waals surface area contributed by atoms with Crippen molar-refractivity contribution in [1.82, 2.24) is 4.90 Å². The second-order valence-electron chi connectivity index (χ2n) is 5.50. The van der Waals surface area contributed by atoms with Gasteiger partial charge < -0.3 is 19.3 Å². The highest BCUT2D eigenvalue weighted by Crippen LogP contribution is 2.34. The first-order valence-electron chi connectivity index (χ1n) is 7.04. The van der Waals surface area contributed by atoms with Gasteiger partial charge in [-0.3, -0.25) is 4.90 Å². The Morgan fingerprint density at radius 3 is 2.90 bits per heavy atom. The second-order valence-corrected chi connectivity index (χ2v) is 5.50. The molecule has 2 heterocycles. The van der Waals surface area contributed by atoms with Crippen LogP contribution in [0.5, 0.6) is 11.5 Å². The number of likely N-dealkylation sites (N-methyl/N-ethyl adjacent to an activating group) is 1. The van der Waals surface area contributed by atoms with Crippen LogP contribution in [0, 0.1) is 0 Å². The summed E-state index contributed by atoms with van der Waals surface area (Å²) in [5.41, 5.74) is 0.854. The molecule has 5 nitrogen and oxygen atoms in total. The Morgan fingerprint density at radius 1 is 1.35 bits per heavy atom. The summed E-state index contributed by atoms with van der Waals surface area (Å²) in [6.07, 6.45) is 0.706. The van der Waals surface area contributed by atoms with Gasteiger partial charge in [0.2, 0.25) is 6.79 Å². The number of ether oxygens (including phenoxy) is 3. The molecule has 3 rings (SSSR count). The van der Waals surface area contributed by atoms with E-state index in [0.717, 1.165) is 24.3 Å². The van der Waals surface area contributed by atoms with Gasteiger partial charge in [-0.25, -0.2) is 0 Å². The molecule has 110 valence electrons. The predicted molar refractivity (Wildman–Crippen MR) is 74.0 cm³/mol. The van der Waals surface area contributed by atoms with E-state index in [-0.39, 0.29) is 12.9 Å². The average Bonchev–Trinajstić information content (AvgIpc) is 3.05. The van der Waals surface area contributed by atoms with Gasteiger partial charge >= 0.3 is 0 Å². The quantitative estimate of drug-likeness (QED) is 0.906. The number of nitrogens with zero attached hydrogens (tertiary/aromatic N) is 1. The lowest BCUT2D eigenvalue weighted by atomic mass is 10.1. The lowest BCUT2D eigenvalue weighted by molar-refractivity contribution is 0.0578. The van der Waals surface area contributed by atoms with E-state index in [0.29, 0.717) is 18.3 Å². The van der Waals surface area contributed by atoms with Crippen molar-refractivity contribution < 1.29 is 19.3 Å². The average molecular weight is 279 g/mol. The standard InChI is InChI=1S/C15H21NO4/c1-10-12(5-6-18-10)16(2)8-13(17)11-3-4-14-15(7-11)20-9-19-14/h3-4,7,10,12-13,17H,5-6,8-9H2,1-2H3. The summed E-state index contributed by atoms with van der Waals surface area (Å²) in [5.74, 6) is 1.45. The van der Waals surface area contributed by atoms with Crippen molar-refractivity contribution in [3.8, 4) is 11.5 Å². The highest BCUT2D eigenvalue weighted by atomic mass is 16.7. The van der Waals surface area contributed by atoms with Crippen LogP contribution in [-0.2, 0) is 4.74 Å². The number of aliphatic hydroxyl groups excluding tert-OH is 1. The molecule has 1 aromatic rings. The fraction of sp³-hybridized carbons (Fsp3) is 0.600. The number of hydrogen-bond acceptors (Lipinski definition) is 5. The van der Waals surface area contributed by atoms with Gasteiger partial charge in [-0.2, -0.15) is 0 Å². The lowest BCUT2D eigenvalue weighted by Gasteiger charge is -2.28. The molecular weight excluding hydrogens is 258 g/mol. The molecule has 0 aliphatic carbocycles. The highest BCUT2D eigenvalue weighted by Gasteiger charge is 2.29. The van der Waals surface area contributed by atoms with Crippen LogP contribution in [0.2, 0.25) is 0 Å². The molecule has 20 heavy (non-hydrogen) atoms. The van der Waals surface area contributed by atoms with Crippen LogP contribution in [-0.4, -0.2) is 49.1 Å². The van der Waals surface area contributed by atoms with E-state index in [9.17, 15) is 5.11 Å². The normalized spacial score (nSPS) is 26.2. The van der Waals surface area contributed by atoms with E-state index >= 15 is 0 Å². The van der Waals surface area contributed by atoms with Gasteiger partial charge in [0.05, 0.1) is 12.2 Å². The van der Waals surface area contributed by atoms with Crippen LogP contribution in [0.4, 0.5) is 0 Å². The van der Waals surface area contributed by atoms with Crippen LogP contribution < -0.4 is 9.47 Å². The van der Waals surface area contributed by atoms with E-state index in [1.165, 1.54) is 0 Å². The van der Waals surface area contributed by atoms with Gasteiger partial charge in [0, 0.05) is 19.2 Å². The maximum absolute atomic E-state index is 10.4. The molecule has 0 aromatic heterocycles. The minimum atomic E-state index is -0.540. The molecule has 0 amide bonds. The molecule has 1 fully saturated rings. The van der Waals surface area contributed by atoms with E-state index in [4.69, 9.17) is 14.2 Å². The zero-order valence-electron chi connectivity index (χ0n) is 11.9. The lowest BCUT2D eigenvalue weighted by Crippen LogP contribution is -2.39.